The highest BCUT2D eigenvalue weighted by atomic mass is 79.9. The standard InChI is InChI=1S/C20H21BrN2O4/c1-13-4-3-5-14(2)20(13)23-18(25)12-27-19(26)11-10-17(24)22-16-8-6-15(21)7-9-16/h3-9H,10-12H2,1-2H3,(H,22,24)(H,23,25). The van der Waals surface area contributed by atoms with Gasteiger partial charge in [-0.1, -0.05) is 34.1 Å². The van der Waals surface area contributed by atoms with Crippen LogP contribution in [0.1, 0.15) is 24.0 Å². The normalized spacial score (nSPS) is 10.2. The van der Waals surface area contributed by atoms with Crippen LogP contribution < -0.4 is 10.6 Å². The number of halogens is 1. The molecule has 0 saturated heterocycles. The number of carbonyl (C=O) groups is 3. The number of esters is 1. The van der Waals surface area contributed by atoms with Crippen molar-refractivity contribution >= 4 is 45.1 Å². The van der Waals surface area contributed by atoms with E-state index >= 15 is 0 Å². The van der Waals surface area contributed by atoms with Crippen LogP contribution >= 0.6 is 15.9 Å². The van der Waals surface area contributed by atoms with E-state index in [2.05, 4.69) is 26.6 Å². The number of rotatable bonds is 7. The van der Waals surface area contributed by atoms with Crippen molar-refractivity contribution in [3.8, 4) is 0 Å². The average molecular weight is 433 g/mol. The van der Waals surface area contributed by atoms with E-state index in [4.69, 9.17) is 4.74 Å². The van der Waals surface area contributed by atoms with Crippen LogP contribution in [-0.4, -0.2) is 24.4 Å². The van der Waals surface area contributed by atoms with Crippen LogP contribution in [0.15, 0.2) is 46.9 Å². The smallest absolute Gasteiger partial charge is 0.306 e. The molecule has 2 aromatic carbocycles. The van der Waals surface area contributed by atoms with E-state index in [1.54, 1.807) is 24.3 Å². The van der Waals surface area contributed by atoms with Gasteiger partial charge in [0.15, 0.2) is 6.61 Å². The molecule has 2 aromatic rings. The molecule has 0 unspecified atom stereocenters. The van der Waals surface area contributed by atoms with Crippen molar-refractivity contribution in [1.29, 1.82) is 0 Å². The van der Waals surface area contributed by atoms with Gasteiger partial charge < -0.3 is 15.4 Å². The monoisotopic (exact) mass is 432 g/mol. The number of hydrogen-bond acceptors (Lipinski definition) is 4. The van der Waals surface area contributed by atoms with Crippen LogP contribution in [0.3, 0.4) is 0 Å². The van der Waals surface area contributed by atoms with Crippen LogP contribution in [-0.2, 0) is 19.1 Å². The molecule has 0 spiro atoms. The van der Waals surface area contributed by atoms with Gasteiger partial charge in [0.05, 0.1) is 6.42 Å². The molecule has 0 aromatic heterocycles. The third-order valence-electron chi connectivity index (χ3n) is 3.79. The van der Waals surface area contributed by atoms with Gasteiger partial charge in [-0.15, -0.1) is 0 Å². The van der Waals surface area contributed by atoms with Crippen LogP contribution in [0.2, 0.25) is 0 Å². The predicted octanol–water partition coefficient (Wildman–Crippen LogP) is 3.97. The maximum atomic E-state index is 12.0. The van der Waals surface area contributed by atoms with Crippen molar-refractivity contribution in [3.63, 3.8) is 0 Å². The van der Waals surface area contributed by atoms with Crippen molar-refractivity contribution in [3.05, 3.63) is 58.1 Å². The summed E-state index contributed by atoms with van der Waals surface area (Å²) in [5.41, 5.74) is 3.22. The quantitative estimate of drug-likeness (QED) is 0.648. The Labute approximate surface area is 166 Å². The minimum Gasteiger partial charge on any atom is -0.456 e. The van der Waals surface area contributed by atoms with Gasteiger partial charge in [0, 0.05) is 22.3 Å². The lowest BCUT2D eigenvalue weighted by Crippen LogP contribution is -2.22. The van der Waals surface area contributed by atoms with Crippen molar-refractivity contribution in [2.24, 2.45) is 0 Å². The van der Waals surface area contributed by atoms with Crippen molar-refractivity contribution in [2.75, 3.05) is 17.2 Å². The Morgan fingerprint density at radius 2 is 1.52 bits per heavy atom. The Balaban J connectivity index is 1.71. The number of hydrogen-bond donors (Lipinski definition) is 2. The molecule has 0 heterocycles. The second-order valence-electron chi connectivity index (χ2n) is 6.03. The van der Waals surface area contributed by atoms with Gasteiger partial charge in [-0.05, 0) is 49.2 Å². The number of carbonyl (C=O) groups excluding carboxylic acids is 3. The molecule has 0 aliphatic carbocycles. The van der Waals surface area contributed by atoms with Crippen LogP contribution in [0.4, 0.5) is 11.4 Å². The van der Waals surface area contributed by atoms with E-state index in [0.29, 0.717) is 11.4 Å². The number of benzene rings is 2. The SMILES string of the molecule is Cc1cccc(C)c1NC(=O)COC(=O)CCC(=O)Nc1ccc(Br)cc1. The van der Waals surface area contributed by atoms with Gasteiger partial charge >= 0.3 is 5.97 Å². The number of anilines is 2. The number of aryl methyl sites for hydroxylation is 2. The lowest BCUT2D eigenvalue weighted by Gasteiger charge is -2.11. The molecule has 0 atom stereocenters. The summed E-state index contributed by atoms with van der Waals surface area (Å²) >= 11 is 3.31. The largest absolute Gasteiger partial charge is 0.456 e. The zero-order chi connectivity index (χ0) is 19.8. The third-order valence-corrected chi connectivity index (χ3v) is 4.32. The average Bonchev–Trinajstić information content (AvgIpc) is 2.63. The molecule has 6 nitrogen and oxygen atoms in total. The molecule has 0 aliphatic rings. The van der Waals surface area contributed by atoms with Gasteiger partial charge in [0.25, 0.3) is 5.91 Å². The van der Waals surface area contributed by atoms with Gasteiger partial charge in [-0.3, -0.25) is 14.4 Å². The van der Waals surface area contributed by atoms with Gasteiger partial charge in [0.2, 0.25) is 5.91 Å². The molecule has 2 rings (SSSR count). The third kappa shape index (κ3) is 6.86. The zero-order valence-electron chi connectivity index (χ0n) is 15.2. The number of ether oxygens (including phenoxy) is 1. The molecule has 2 N–H and O–H groups in total. The highest BCUT2D eigenvalue weighted by Gasteiger charge is 2.12. The highest BCUT2D eigenvalue weighted by Crippen LogP contribution is 2.19. The molecule has 0 saturated carbocycles. The minimum absolute atomic E-state index is 0.0204. The van der Waals surface area contributed by atoms with Gasteiger partial charge in [-0.2, -0.15) is 0 Å². The number of amides is 2. The van der Waals surface area contributed by atoms with E-state index < -0.39 is 11.9 Å². The molecular formula is C20H21BrN2O4. The topological polar surface area (TPSA) is 84.5 Å². The summed E-state index contributed by atoms with van der Waals surface area (Å²) in [6.45, 7) is 3.39. The number of nitrogens with one attached hydrogen (secondary N) is 2. The van der Waals surface area contributed by atoms with Crippen LogP contribution in [0, 0.1) is 13.8 Å². The van der Waals surface area contributed by atoms with Gasteiger partial charge in [-0.25, -0.2) is 0 Å². The molecule has 2 amide bonds. The molecule has 0 aliphatic heterocycles. The Bertz CT molecular complexity index is 814. The minimum atomic E-state index is -0.599. The van der Waals surface area contributed by atoms with E-state index in [9.17, 15) is 14.4 Å². The summed E-state index contributed by atoms with van der Waals surface area (Å²) in [6.07, 6.45) is -0.119. The highest BCUT2D eigenvalue weighted by molar-refractivity contribution is 9.10. The maximum Gasteiger partial charge on any atom is 0.306 e. The first kappa shape index (κ1) is 20.6. The summed E-state index contributed by atoms with van der Waals surface area (Å²) in [5.74, 6) is -1.31. The second kappa shape index (κ2) is 9.87. The zero-order valence-corrected chi connectivity index (χ0v) is 16.8. The molecule has 142 valence electrons. The second-order valence-corrected chi connectivity index (χ2v) is 6.95. The predicted molar refractivity (Wildman–Crippen MR) is 108 cm³/mol. The van der Waals surface area contributed by atoms with Crippen molar-refractivity contribution in [1.82, 2.24) is 0 Å². The maximum absolute atomic E-state index is 12.0. The fraction of sp³-hybridized carbons (Fsp3) is 0.250. The first-order valence-electron chi connectivity index (χ1n) is 8.42. The molecule has 0 radical (unpaired) electrons. The lowest BCUT2D eigenvalue weighted by atomic mass is 10.1. The first-order valence-corrected chi connectivity index (χ1v) is 9.21. The molecule has 27 heavy (non-hydrogen) atoms. The Kier molecular flexibility index (Phi) is 7.55. The van der Waals surface area contributed by atoms with Crippen molar-refractivity contribution in [2.45, 2.75) is 26.7 Å². The Morgan fingerprint density at radius 3 is 2.15 bits per heavy atom. The van der Waals surface area contributed by atoms with Crippen molar-refractivity contribution < 1.29 is 19.1 Å². The van der Waals surface area contributed by atoms with E-state index in [1.807, 2.05) is 32.0 Å². The lowest BCUT2D eigenvalue weighted by molar-refractivity contribution is -0.147. The summed E-state index contributed by atoms with van der Waals surface area (Å²) < 4.78 is 5.84. The summed E-state index contributed by atoms with van der Waals surface area (Å²) in [4.78, 5) is 35.5. The Morgan fingerprint density at radius 1 is 0.889 bits per heavy atom. The fourth-order valence-electron chi connectivity index (χ4n) is 2.38. The molecule has 0 fully saturated rings. The van der Waals surface area contributed by atoms with Crippen LogP contribution in [0.5, 0.6) is 0 Å². The van der Waals surface area contributed by atoms with Crippen LogP contribution in [0.25, 0.3) is 0 Å². The summed E-state index contributed by atoms with van der Waals surface area (Å²) in [6, 6.07) is 12.8. The summed E-state index contributed by atoms with van der Waals surface area (Å²) in [7, 11) is 0. The Hall–Kier alpha value is -2.67. The molecule has 0 bridgehead atoms. The first-order chi connectivity index (χ1) is 12.8. The van der Waals surface area contributed by atoms with E-state index in [1.165, 1.54) is 0 Å². The summed E-state index contributed by atoms with van der Waals surface area (Å²) in [5, 5.41) is 5.42. The van der Waals surface area contributed by atoms with Gasteiger partial charge in [0.1, 0.15) is 0 Å². The van der Waals surface area contributed by atoms with E-state index in [-0.39, 0.29) is 25.4 Å². The fourth-order valence-corrected chi connectivity index (χ4v) is 2.64. The van der Waals surface area contributed by atoms with E-state index in [0.717, 1.165) is 15.6 Å². The molecule has 7 heteroatoms. The number of para-hydroxylation sites is 1. The molecular weight excluding hydrogens is 412 g/mol.